The molecule has 0 atom stereocenters. The fourth-order valence-electron chi connectivity index (χ4n) is 1.62. The molecule has 0 fully saturated rings. The summed E-state index contributed by atoms with van der Waals surface area (Å²) in [4.78, 5) is 28.0. The summed E-state index contributed by atoms with van der Waals surface area (Å²) < 4.78 is 0. The van der Waals surface area contributed by atoms with Crippen LogP contribution in [0.4, 0.5) is 0 Å². The highest BCUT2D eigenvalue weighted by Crippen LogP contribution is 2.18. The lowest BCUT2D eigenvalue weighted by atomic mass is 10.4. The van der Waals surface area contributed by atoms with Crippen molar-refractivity contribution in [2.75, 3.05) is 5.75 Å². The first-order valence-electron chi connectivity index (χ1n) is 6.20. The number of hydrogen-bond acceptors (Lipinski definition) is 5. The van der Waals surface area contributed by atoms with Crippen LogP contribution in [0.1, 0.15) is 20.4 Å². The third-order valence-corrected chi connectivity index (χ3v) is 4.74. The number of aromatic carboxylic acids is 1. The van der Waals surface area contributed by atoms with Gasteiger partial charge in [0.15, 0.2) is 0 Å². The van der Waals surface area contributed by atoms with Crippen LogP contribution in [0.3, 0.4) is 0 Å². The first-order chi connectivity index (χ1) is 10.1. The number of carbonyl (C=O) groups excluding carboxylic acids is 1. The molecule has 0 aliphatic rings. The Morgan fingerprint density at radius 1 is 1.33 bits per heavy atom. The van der Waals surface area contributed by atoms with Gasteiger partial charge in [-0.2, -0.15) is 0 Å². The van der Waals surface area contributed by atoms with Crippen LogP contribution in [0.15, 0.2) is 35.2 Å². The van der Waals surface area contributed by atoms with Gasteiger partial charge in [-0.25, -0.2) is 9.78 Å². The van der Waals surface area contributed by atoms with Crippen molar-refractivity contribution >= 4 is 35.0 Å². The zero-order chi connectivity index (χ0) is 15.2. The topological polar surface area (TPSA) is 79.3 Å². The minimum atomic E-state index is -0.984. The Labute approximate surface area is 130 Å². The number of carboxylic acid groups (broad SMARTS) is 1. The number of rotatable bonds is 6. The van der Waals surface area contributed by atoms with E-state index in [1.54, 1.807) is 6.92 Å². The number of hydrogen-bond donors (Lipinski definition) is 2. The Hall–Kier alpha value is -1.86. The second-order valence-corrected chi connectivity index (χ2v) is 6.34. The molecular weight excluding hydrogens is 308 g/mol. The van der Waals surface area contributed by atoms with Crippen LogP contribution in [0.25, 0.3) is 0 Å². The molecule has 5 nitrogen and oxygen atoms in total. The Morgan fingerprint density at radius 2 is 2.05 bits per heavy atom. The molecule has 1 heterocycles. The van der Waals surface area contributed by atoms with Crippen molar-refractivity contribution in [2.45, 2.75) is 18.4 Å². The van der Waals surface area contributed by atoms with E-state index in [0.29, 0.717) is 16.5 Å². The summed E-state index contributed by atoms with van der Waals surface area (Å²) in [5, 5.41) is 12.3. The van der Waals surface area contributed by atoms with Crippen LogP contribution in [0, 0.1) is 6.92 Å². The van der Waals surface area contributed by atoms with Gasteiger partial charge in [-0.05, 0) is 19.1 Å². The van der Waals surface area contributed by atoms with E-state index in [-0.39, 0.29) is 17.3 Å². The van der Waals surface area contributed by atoms with E-state index in [4.69, 9.17) is 5.11 Å². The first kappa shape index (κ1) is 15.5. The van der Waals surface area contributed by atoms with E-state index in [2.05, 4.69) is 10.3 Å². The summed E-state index contributed by atoms with van der Waals surface area (Å²) in [6.07, 6.45) is 0. The molecule has 2 rings (SSSR count). The fourth-order valence-corrected chi connectivity index (χ4v) is 3.21. The number of aryl methyl sites for hydroxylation is 1. The highest BCUT2D eigenvalue weighted by Gasteiger charge is 2.14. The number of benzene rings is 1. The number of thiazole rings is 1. The normalized spacial score (nSPS) is 10.3. The van der Waals surface area contributed by atoms with E-state index in [1.807, 2.05) is 30.3 Å². The second kappa shape index (κ2) is 7.24. The number of nitrogens with zero attached hydrogens (tertiary/aromatic N) is 1. The molecule has 1 aromatic carbocycles. The van der Waals surface area contributed by atoms with Crippen LogP contribution in [-0.4, -0.2) is 27.7 Å². The summed E-state index contributed by atoms with van der Waals surface area (Å²) in [6, 6.07) is 9.66. The zero-order valence-electron chi connectivity index (χ0n) is 11.3. The minimum absolute atomic E-state index is 0.103. The van der Waals surface area contributed by atoms with Crippen molar-refractivity contribution in [3.8, 4) is 0 Å². The summed E-state index contributed by atoms with van der Waals surface area (Å²) >= 11 is 2.55. The molecule has 2 N–H and O–H groups in total. The smallest absolute Gasteiger partial charge is 0.347 e. The Bertz CT molecular complexity index is 641. The molecule has 110 valence electrons. The maximum Gasteiger partial charge on any atom is 0.347 e. The van der Waals surface area contributed by atoms with Gasteiger partial charge in [0.1, 0.15) is 9.88 Å². The number of aromatic nitrogens is 1. The SMILES string of the molecule is Cc1nc(CNC(=O)CSc2ccccc2)sc1C(=O)O. The van der Waals surface area contributed by atoms with Gasteiger partial charge in [-0.3, -0.25) is 4.79 Å². The van der Waals surface area contributed by atoms with Gasteiger partial charge in [0.2, 0.25) is 5.91 Å². The predicted molar refractivity (Wildman–Crippen MR) is 82.8 cm³/mol. The Kier molecular flexibility index (Phi) is 5.35. The average molecular weight is 322 g/mol. The number of amides is 1. The third kappa shape index (κ3) is 4.57. The van der Waals surface area contributed by atoms with E-state index in [9.17, 15) is 9.59 Å². The van der Waals surface area contributed by atoms with Gasteiger partial charge >= 0.3 is 5.97 Å². The van der Waals surface area contributed by atoms with Crippen molar-refractivity contribution in [3.05, 3.63) is 45.9 Å². The molecule has 0 unspecified atom stereocenters. The van der Waals surface area contributed by atoms with Crippen LogP contribution < -0.4 is 5.32 Å². The highest BCUT2D eigenvalue weighted by atomic mass is 32.2. The van der Waals surface area contributed by atoms with E-state index in [1.165, 1.54) is 11.8 Å². The average Bonchev–Trinajstić information content (AvgIpc) is 2.85. The van der Waals surface area contributed by atoms with Gasteiger partial charge < -0.3 is 10.4 Å². The number of carbonyl (C=O) groups is 2. The first-order valence-corrected chi connectivity index (χ1v) is 8.00. The molecule has 0 aliphatic heterocycles. The van der Waals surface area contributed by atoms with Gasteiger partial charge in [0.05, 0.1) is 18.0 Å². The molecule has 1 amide bonds. The van der Waals surface area contributed by atoms with Gasteiger partial charge in [0, 0.05) is 4.90 Å². The summed E-state index contributed by atoms with van der Waals surface area (Å²) in [5.74, 6) is -0.768. The lowest BCUT2D eigenvalue weighted by Crippen LogP contribution is -2.24. The predicted octanol–water partition coefficient (Wildman–Crippen LogP) is 2.56. The van der Waals surface area contributed by atoms with Crippen molar-refractivity contribution in [1.82, 2.24) is 10.3 Å². The molecule has 7 heteroatoms. The summed E-state index contributed by atoms with van der Waals surface area (Å²) in [7, 11) is 0. The van der Waals surface area contributed by atoms with Gasteiger partial charge in [0.25, 0.3) is 0 Å². The Morgan fingerprint density at radius 3 is 2.67 bits per heavy atom. The number of nitrogens with one attached hydrogen (secondary N) is 1. The number of carboxylic acids is 1. The minimum Gasteiger partial charge on any atom is -0.477 e. The molecule has 2 aromatic rings. The van der Waals surface area contributed by atoms with Crippen LogP contribution >= 0.6 is 23.1 Å². The molecule has 0 saturated carbocycles. The molecular formula is C14H14N2O3S2. The van der Waals surface area contributed by atoms with Crippen LogP contribution in [0.5, 0.6) is 0 Å². The fraction of sp³-hybridized carbons (Fsp3) is 0.214. The van der Waals surface area contributed by atoms with Crippen molar-refractivity contribution in [1.29, 1.82) is 0 Å². The van der Waals surface area contributed by atoms with E-state index >= 15 is 0 Å². The second-order valence-electron chi connectivity index (χ2n) is 4.21. The van der Waals surface area contributed by atoms with Gasteiger partial charge in [-0.1, -0.05) is 18.2 Å². The van der Waals surface area contributed by atoms with Crippen molar-refractivity contribution in [2.24, 2.45) is 0 Å². The molecule has 0 radical (unpaired) electrons. The maximum atomic E-state index is 11.7. The molecule has 0 spiro atoms. The summed E-state index contributed by atoms with van der Waals surface area (Å²) in [5.41, 5.74) is 0.482. The molecule has 0 saturated heterocycles. The Balaban J connectivity index is 1.81. The standard InChI is InChI=1S/C14H14N2O3S2/c1-9-13(14(18)19)21-12(16-9)7-15-11(17)8-20-10-5-3-2-4-6-10/h2-6H,7-8H2,1H3,(H,15,17)(H,18,19). The quantitative estimate of drug-likeness (QED) is 0.799. The lowest BCUT2D eigenvalue weighted by Gasteiger charge is -2.03. The molecule has 0 aliphatic carbocycles. The largest absolute Gasteiger partial charge is 0.477 e. The molecule has 21 heavy (non-hydrogen) atoms. The summed E-state index contributed by atoms with van der Waals surface area (Å²) in [6.45, 7) is 1.91. The molecule has 1 aromatic heterocycles. The van der Waals surface area contributed by atoms with E-state index in [0.717, 1.165) is 16.2 Å². The van der Waals surface area contributed by atoms with Crippen LogP contribution in [-0.2, 0) is 11.3 Å². The third-order valence-electron chi connectivity index (χ3n) is 2.59. The van der Waals surface area contributed by atoms with Crippen LogP contribution in [0.2, 0.25) is 0 Å². The lowest BCUT2D eigenvalue weighted by molar-refractivity contribution is -0.118. The van der Waals surface area contributed by atoms with Gasteiger partial charge in [-0.15, -0.1) is 23.1 Å². The van der Waals surface area contributed by atoms with Crippen molar-refractivity contribution in [3.63, 3.8) is 0 Å². The van der Waals surface area contributed by atoms with E-state index < -0.39 is 5.97 Å². The highest BCUT2D eigenvalue weighted by molar-refractivity contribution is 8.00. The number of thioether (sulfide) groups is 1. The van der Waals surface area contributed by atoms with Crippen molar-refractivity contribution < 1.29 is 14.7 Å². The molecule has 0 bridgehead atoms. The maximum absolute atomic E-state index is 11.7. The zero-order valence-corrected chi connectivity index (χ0v) is 13.0. The monoisotopic (exact) mass is 322 g/mol.